The second kappa shape index (κ2) is 14.5. The number of aliphatic hydroxyl groups is 1. The third-order valence-corrected chi connectivity index (χ3v) is 11.8. The summed E-state index contributed by atoms with van der Waals surface area (Å²) in [6, 6.07) is 23.5. The lowest BCUT2D eigenvalue weighted by Crippen LogP contribution is -2.52. The van der Waals surface area contributed by atoms with Crippen molar-refractivity contribution in [2.24, 2.45) is 5.92 Å². The van der Waals surface area contributed by atoms with Crippen LogP contribution in [0.2, 0.25) is 0 Å². The predicted octanol–water partition coefficient (Wildman–Crippen LogP) is 4.98. The Bertz CT molecular complexity index is 2040. The number of amides is 4. The van der Waals surface area contributed by atoms with Crippen molar-refractivity contribution in [1.29, 1.82) is 0 Å². The maximum atomic E-state index is 13.2. The molecule has 2 fully saturated rings. The van der Waals surface area contributed by atoms with Gasteiger partial charge in [0.15, 0.2) is 0 Å². The van der Waals surface area contributed by atoms with Crippen LogP contribution in [0.5, 0.6) is 0 Å². The molecule has 0 radical (unpaired) electrons. The predicted molar refractivity (Wildman–Crippen MR) is 198 cm³/mol. The van der Waals surface area contributed by atoms with Crippen LogP contribution in [0.25, 0.3) is 11.1 Å². The van der Waals surface area contributed by atoms with Gasteiger partial charge in [-0.05, 0) is 95.7 Å². The minimum absolute atomic E-state index is 0.000298. The van der Waals surface area contributed by atoms with E-state index >= 15 is 0 Å². The Kier molecular flexibility index (Phi) is 9.52. The first-order valence-corrected chi connectivity index (χ1v) is 18.8. The Morgan fingerprint density at radius 2 is 1.81 bits per heavy atom. The zero-order valence-electron chi connectivity index (χ0n) is 28.6. The van der Waals surface area contributed by atoms with Gasteiger partial charge in [0, 0.05) is 77.9 Å². The highest BCUT2D eigenvalue weighted by atomic mass is 32.2. The summed E-state index contributed by atoms with van der Waals surface area (Å²) in [7, 11) is 0. The van der Waals surface area contributed by atoms with Gasteiger partial charge in [0.2, 0.25) is 17.7 Å². The maximum absolute atomic E-state index is 13.2. The first-order valence-electron chi connectivity index (χ1n) is 17.8. The zero-order valence-corrected chi connectivity index (χ0v) is 29.4. The lowest BCUT2D eigenvalue weighted by atomic mass is 9.82. The summed E-state index contributed by atoms with van der Waals surface area (Å²) in [6.45, 7) is 2.15. The molecule has 4 aliphatic heterocycles. The lowest BCUT2D eigenvalue weighted by Gasteiger charge is -2.39. The molecule has 0 aliphatic carbocycles. The van der Waals surface area contributed by atoms with Gasteiger partial charge >= 0.3 is 0 Å². The van der Waals surface area contributed by atoms with E-state index < -0.39 is 11.9 Å². The number of fused-ring (bicyclic) bond motifs is 4. The summed E-state index contributed by atoms with van der Waals surface area (Å²) in [5.74, 6) is -0.257. The number of likely N-dealkylation sites (tertiary alicyclic amines) is 1. The van der Waals surface area contributed by atoms with E-state index in [1.807, 2.05) is 42.7 Å². The molecule has 4 N–H and O–H groups in total. The summed E-state index contributed by atoms with van der Waals surface area (Å²) in [4.78, 5) is 59.6. The number of imide groups is 1. The molecule has 1 unspecified atom stereocenters. The second-order valence-corrected chi connectivity index (χ2v) is 15.0. The van der Waals surface area contributed by atoms with Gasteiger partial charge in [-0.25, -0.2) is 0 Å². The van der Waals surface area contributed by atoms with E-state index in [4.69, 9.17) is 0 Å². The van der Waals surface area contributed by atoms with Gasteiger partial charge in [-0.2, -0.15) is 0 Å². The molecular weight excluding hydrogens is 677 g/mol. The van der Waals surface area contributed by atoms with Gasteiger partial charge < -0.3 is 20.6 Å². The molecule has 2 saturated heterocycles. The average Bonchev–Trinajstić information content (AvgIpc) is 3.73. The molecule has 12 heteroatoms. The number of nitrogens with one attached hydrogen (secondary N) is 3. The van der Waals surface area contributed by atoms with Gasteiger partial charge in [0.25, 0.3) is 5.91 Å². The molecule has 4 amide bonds. The Morgan fingerprint density at radius 3 is 2.63 bits per heavy atom. The number of piperidine rings is 1. The highest BCUT2D eigenvalue weighted by Gasteiger charge is 2.44. The molecule has 52 heavy (non-hydrogen) atoms. The first kappa shape index (κ1) is 34.1. The first-order chi connectivity index (χ1) is 25.4. The van der Waals surface area contributed by atoms with Crippen LogP contribution in [0.3, 0.4) is 0 Å². The molecule has 0 spiro atoms. The number of hydrogen-bond acceptors (Lipinski definition) is 9. The molecule has 3 aromatic carbocycles. The molecule has 4 atom stereocenters. The maximum Gasteiger partial charge on any atom is 0.255 e. The summed E-state index contributed by atoms with van der Waals surface area (Å²) >= 11 is 1.52. The number of aliphatic hydroxyl groups excluding tert-OH is 1. The average molecular weight is 717 g/mol. The Morgan fingerprint density at radius 1 is 0.981 bits per heavy atom. The monoisotopic (exact) mass is 716 g/mol. The number of aromatic nitrogens is 1. The minimum Gasteiger partial charge on any atom is -0.394 e. The number of thioether (sulfide) groups is 1. The van der Waals surface area contributed by atoms with E-state index in [0.29, 0.717) is 35.9 Å². The van der Waals surface area contributed by atoms with Crippen LogP contribution in [0, 0.1) is 5.92 Å². The van der Waals surface area contributed by atoms with E-state index in [9.17, 15) is 24.3 Å². The number of carbonyl (C=O) groups excluding carboxylic acids is 4. The Labute approximate surface area is 306 Å². The molecule has 0 bridgehead atoms. The smallest absolute Gasteiger partial charge is 0.255 e. The van der Waals surface area contributed by atoms with Gasteiger partial charge in [-0.1, -0.05) is 24.3 Å². The molecule has 11 nitrogen and oxygen atoms in total. The molecule has 0 saturated carbocycles. The standard InChI is InChI=1S/C40H40N6O5S/c47-23-33-29-13-17-45(21-24-11-15-41-16-12-24)38(29)30-20-26(7-8-32(30)43-33)25-3-1-4-27(19-25)42-37(49)14-18-52-35-6-2-5-28-31(35)22-46(40(28)51)34-9-10-36(48)44-39(34)50/h1-8,11-12,15-16,19-20,29,33-34,38,43,47H,9-10,13-14,17-18,21-23H2,(H,42,49)(H,44,48,50)/t29-,33-,34?,38-/m1/s1. The van der Waals surface area contributed by atoms with Crippen molar-refractivity contribution in [3.63, 3.8) is 0 Å². The van der Waals surface area contributed by atoms with Crippen LogP contribution >= 0.6 is 11.8 Å². The van der Waals surface area contributed by atoms with Crippen molar-refractivity contribution in [2.45, 2.75) is 61.8 Å². The van der Waals surface area contributed by atoms with Gasteiger partial charge in [0.1, 0.15) is 6.04 Å². The van der Waals surface area contributed by atoms with Crippen LogP contribution in [0.15, 0.2) is 90.1 Å². The van der Waals surface area contributed by atoms with Gasteiger partial charge in [-0.3, -0.25) is 34.4 Å². The van der Waals surface area contributed by atoms with Crippen molar-refractivity contribution in [2.75, 3.05) is 29.5 Å². The Balaban J connectivity index is 0.922. The summed E-state index contributed by atoms with van der Waals surface area (Å²) in [5, 5.41) is 19.2. The number of anilines is 2. The number of pyridine rings is 1. The summed E-state index contributed by atoms with van der Waals surface area (Å²) in [6.07, 6.45) is 5.46. The minimum atomic E-state index is -0.666. The number of benzene rings is 3. The number of carbonyl (C=O) groups is 4. The summed E-state index contributed by atoms with van der Waals surface area (Å²) < 4.78 is 0. The number of hydrogen-bond donors (Lipinski definition) is 4. The van der Waals surface area contributed by atoms with E-state index in [1.165, 1.54) is 22.9 Å². The zero-order chi connectivity index (χ0) is 35.8. The van der Waals surface area contributed by atoms with Crippen molar-refractivity contribution in [1.82, 2.24) is 20.1 Å². The van der Waals surface area contributed by atoms with Gasteiger partial charge in [-0.15, -0.1) is 11.8 Å². The van der Waals surface area contributed by atoms with Crippen LogP contribution in [0.1, 0.15) is 58.8 Å². The molecule has 266 valence electrons. The van der Waals surface area contributed by atoms with Crippen LogP contribution in [-0.2, 0) is 27.5 Å². The largest absolute Gasteiger partial charge is 0.394 e. The fourth-order valence-corrected chi connectivity index (χ4v) is 9.21. The van der Waals surface area contributed by atoms with Crippen LogP contribution in [0.4, 0.5) is 11.4 Å². The van der Waals surface area contributed by atoms with Crippen molar-refractivity contribution in [3.8, 4) is 11.1 Å². The van der Waals surface area contributed by atoms with Crippen LogP contribution < -0.4 is 16.0 Å². The third kappa shape index (κ3) is 6.69. The van der Waals surface area contributed by atoms with E-state index in [2.05, 4.69) is 62.2 Å². The highest BCUT2D eigenvalue weighted by molar-refractivity contribution is 7.99. The quantitative estimate of drug-likeness (QED) is 0.132. The fraction of sp³-hybridized carbons (Fsp3) is 0.325. The topological polar surface area (TPSA) is 144 Å². The van der Waals surface area contributed by atoms with E-state index in [-0.39, 0.29) is 49.3 Å². The number of nitrogens with zero attached hydrogens (tertiary/aromatic N) is 3. The molecule has 4 aromatic rings. The molecule has 4 aliphatic rings. The van der Waals surface area contributed by atoms with Gasteiger partial charge in [0.05, 0.1) is 12.6 Å². The van der Waals surface area contributed by atoms with E-state index in [1.54, 1.807) is 11.0 Å². The van der Waals surface area contributed by atoms with E-state index in [0.717, 1.165) is 46.8 Å². The second-order valence-electron chi connectivity index (χ2n) is 13.9. The molecular formula is C40H40N6O5S. The highest BCUT2D eigenvalue weighted by Crippen LogP contribution is 2.48. The molecule has 8 rings (SSSR count). The van der Waals surface area contributed by atoms with Crippen molar-refractivity contribution < 1.29 is 24.3 Å². The third-order valence-electron chi connectivity index (χ3n) is 10.7. The lowest BCUT2D eigenvalue weighted by molar-refractivity contribution is -0.137. The van der Waals surface area contributed by atoms with Crippen molar-refractivity contribution in [3.05, 3.63) is 107 Å². The fourth-order valence-electron chi connectivity index (χ4n) is 8.18. The number of rotatable bonds is 10. The van der Waals surface area contributed by atoms with Crippen molar-refractivity contribution >= 4 is 46.8 Å². The Hall–Kier alpha value is -5.04. The normalized spacial score (nSPS) is 22.3. The SMILES string of the molecule is O=C1CCC(N2Cc3c(SCCC(=O)Nc4cccc(-c5ccc6c(c5)[C@H]5[C@H](CCN5Cc5ccncc5)[C@@H](CO)N6)c4)cccc3C2=O)C(=O)N1. The molecule has 1 aromatic heterocycles. The summed E-state index contributed by atoms with van der Waals surface area (Å²) in [5.41, 5.74) is 7.67. The molecule has 5 heterocycles. The van der Waals surface area contributed by atoms with Crippen LogP contribution in [-0.4, -0.2) is 74.5 Å².